The predicted octanol–water partition coefficient (Wildman–Crippen LogP) is 3.04. The van der Waals surface area contributed by atoms with Gasteiger partial charge in [0, 0.05) is 18.8 Å². The third-order valence-electron chi connectivity index (χ3n) is 3.76. The summed E-state index contributed by atoms with van der Waals surface area (Å²) in [5.41, 5.74) is 0.336. The normalized spacial score (nSPS) is 19.9. The molecule has 1 aromatic rings. The number of rotatable bonds is 4. The highest BCUT2D eigenvalue weighted by Gasteiger charge is 2.36. The first-order valence-electron chi connectivity index (χ1n) is 7.16. The molecule has 1 fully saturated rings. The van der Waals surface area contributed by atoms with E-state index in [2.05, 4.69) is 5.32 Å². The molecule has 1 N–H and O–H groups in total. The second-order valence-electron chi connectivity index (χ2n) is 5.21. The van der Waals surface area contributed by atoms with E-state index < -0.39 is 11.7 Å². The van der Waals surface area contributed by atoms with Gasteiger partial charge in [-0.05, 0) is 31.2 Å². The minimum Gasteiger partial charge on any atom is -0.377 e. The molecular formula is C15H21F3N2O. The van der Waals surface area contributed by atoms with Crippen LogP contribution >= 0.6 is 0 Å². The molecule has 3 nitrogen and oxygen atoms in total. The fourth-order valence-electron chi connectivity index (χ4n) is 2.68. The lowest BCUT2D eigenvalue weighted by molar-refractivity contribution is -0.137. The van der Waals surface area contributed by atoms with Crippen LogP contribution in [0, 0.1) is 0 Å². The summed E-state index contributed by atoms with van der Waals surface area (Å²) >= 11 is 0. The Bertz CT molecular complexity index is 476. The zero-order valence-corrected chi connectivity index (χ0v) is 12.3. The highest BCUT2D eigenvalue weighted by molar-refractivity contribution is 5.57. The zero-order chi connectivity index (χ0) is 15.5. The molecule has 0 amide bonds. The van der Waals surface area contributed by atoms with Gasteiger partial charge in [0.05, 0.1) is 24.8 Å². The number of benzene rings is 1. The van der Waals surface area contributed by atoms with E-state index in [1.807, 2.05) is 11.8 Å². The summed E-state index contributed by atoms with van der Waals surface area (Å²) in [5, 5.41) is 2.88. The van der Waals surface area contributed by atoms with Gasteiger partial charge in [-0.25, -0.2) is 0 Å². The van der Waals surface area contributed by atoms with E-state index in [0.717, 1.165) is 6.42 Å². The van der Waals surface area contributed by atoms with Gasteiger partial charge in [-0.2, -0.15) is 13.2 Å². The van der Waals surface area contributed by atoms with Crippen molar-refractivity contribution in [3.05, 3.63) is 29.3 Å². The Morgan fingerprint density at radius 1 is 1.38 bits per heavy atom. The quantitative estimate of drug-likeness (QED) is 0.925. The second-order valence-corrected chi connectivity index (χ2v) is 5.21. The molecule has 6 heteroatoms. The van der Waals surface area contributed by atoms with Crippen molar-refractivity contribution < 1.29 is 17.9 Å². The number of hydrogen-bond acceptors (Lipinski definition) is 3. The average molecular weight is 302 g/mol. The predicted molar refractivity (Wildman–Crippen MR) is 76.5 cm³/mol. The van der Waals surface area contributed by atoms with Gasteiger partial charge >= 0.3 is 6.18 Å². The molecule has 1 atom stereocenters. The van der Waals surface area contributed by atoms with Crippen molar-refractivity contribution in [3.8, 4) is 0 Å². The van der Waals surface area contributed by atoms with Crippen LogP contribution in [-0.2, 0) is 17.5 Å². The van der Waals surface area contributed by atoms with Crippen molar-refractivity contribution in [2.45, 2.75) is 32.1 Å². The molecule has 1 unspecified atom stereocenters. The van der Waals surface area contributed by atoms with Gasteiger partial charge in [-0.1, -0.05) is 13.0 Å². The number of anilines is 1. The Labute approximate surface area is 123 Å². The lowest BCUT2D eigenvalue weighted by Crippen LogP contribution is -2.46. The maximum atomic E-state index is 13.4. The Kier molecular flexibility index (Phi) is 5.11. The molecule has 2 rings (SSSR count). The largest absolute Gasteiger partial charge is 0.418 e. The van der Waals surface area contributed by atoms with Crippen LogP contribution in [0.5, 0.6) is 0 Å². The minimum absolute atomic E-state index is 0.00463. The molecule has 0 spiro atoms. The molecule has 1 aliphatic heterocycles. The van der Waals surface area contributed by atoms with Gasteiger partial charge in [0.25, 0.3) is 0 Å². The van der Waals surface area contributed by atoms with E-state index >= 15 is 0 Å². The van der Waals surface area contributed by atoms with Crippen molar-refractivity contribution in [1.82, 2.24) is 5.32 Å². The van der Waals surface area contributed by atoms with Crippen molar-refractivity contribution in [3.63, 3.8) is 0 Å². The first-order chi connectivity index (χ1) is 9.97. The second kappa shape index (κ2) is 6.66. The summed E-state index contributed by atoms with van der Waals surface area (Å²) in [7, 11) is 1.72. The maximum Gasteiger partial charge on any atom is 0.418 e. The van der Waals surface area contributed by atoms with Gasteiger partial charge in [0.1, 0.15) is 0 Å². The van der Waals surface area contributed by atoms with E-state index in [0.29, 0.717) is 31.9 Å². The summed E-state index contributed by atoms with van der Waals surface area (Å²) < 4.78 is 45.5. The summed E-state index contributed by atoms with van der Waals surface area (Å²) in [5.74, 6) is 0. The van der Waals surface area contributed by atoms with E-state index in [4.69, 9.17) is 4.74 Å². The summed E-state index contributed by atoms with van der Waals surface area (Å²) in [6.45, 7) is 3.82. The number of ether oxygens (including phenoxy) is 1. The molecule has 0 radical (unpaired) electrons. The van der Waals surface area contributed by atoms with Crippen LogP contribution in [0.2, 0.25) is 0 Å². The van der Waals surface area contributed by atoms with E-state index in [1.54, 1.807) is 19.2 Å². The van der Waals surface area contributed by atoms with Crippen molar-refractivity contribution in [2.75, 3.05) is 31.7 Å². The van der Waals surface area contributed by atoms with Gasteiger partial charge in [0.2, 0.25) is 0 Å². The fourth-order valence-corrected chi connectivity index (χ4v) is 2.68. The van der Waals surface area contributed by atoms with Gasteiger partial charge < -0.3 is 15.0 Å². The Balaban J connectivity index is 2.41. The minimum atomic E-state index is -4.35. The van der Waals surface area contributed by atoms with Crippen LogP contribution < -0.4 is 10.2 Å². The van der Waals surface area contributed by atoms with E-state index in [1.165, 1.54) is 6.07 Å². The van der Waals surface area contributed by atoms with Gasteiger partial charge in [-0.15, -0.1) is 0 Å². The number of alkyl halides is 3. The van der Waals surface area contributed by atoms with Gasteiger partial charge in [0.15, 0.2) is 0 Å². The highest BCUT2D eigenvalue weighted by atomic mass is 19.4. The topological polar surface area (TPSA) is 24.5 Å². The summed E-state index contributed by atoms with van der Waals surface area (Å²) in [4.78, 5) is 1.83. The van der Waals surface area contributed by atoms with Crippen molar-refractivity contribution >= 4 is 5.69 Å². The summed E-state index contributed by atoms with van der Waals surface area (Å²) in [6, 6.07) is 4.58. The van der Waals surface area contributed by atoms with Crippen LogP contribution in [0.25, 0.3) is 0 Å². The van der Waals surface area contributed by atoms with Crippen LogP contribution in [0.4, 0.5) is 18.9 Å². The summed E-state index contributed by atoms with van der Waals surface area (Å²) in [6.07, 6.45) is -3.59. The fraction of sp³-hybridized carbons (Fsp3) is 0.600. The molecule has 0 aromatic heterocycles. The zero-order valence-electron chi connectivity index (χ0n) is 12.3. The van der Waals surface area contributed by atoms with Gasteiger partial charge in [-0.3, -0.25) is 0 Å². The molecule has 1 heterocycles. The third-order valence-corrected chi connectivity index (χ3v) is 3.76. The Morgan fingerprint density at radius 2 is 2.14 bits per heavy atom. The molecule has 1 aliphatic rings. The lowest BCUT2D eigenvalue weighted by atomic mass is 10.0. The third kappa shape index (κ3) is 3.68. The molecule has 21 heavy (non-hydrogen) atoms. The maximum absolute atomic E-state index is 13.4. The first kappa shape index (κ1) is 16.1. The van der Waals surface area contributed by atoms with Crippen LogP contribution in [0.1, 0.15) is 24.5 Å². The molecule has 118 valence electrons. The monoisotopic (exact) mass is 302 g/mol. The molecule has 0 saturated carbocycles. The van der Waals surface area contributed by atoms with Crippen LogP contribution in [0.3, 0.4) is 0 Å². The van der Waals surface area contributed by atoms with E-state index in [9.17, 15) is 13.2 Å². The Hall–Kier alpha value is -1.27. The molecular weight excluding hydrogens is 281 g/mol. The van der Waals surface area contributed by atoms with Crippen molar-refractivity contribution in [2.24, 2.45) is 0 Å². The molecule has 0 bridgehead atoms. The molecule has 1 saturated heterocycles. The SMILES string of the molecule is CCC1COCCN1c1ccc(CNC)cc1C(F)(F)F. The first-order valence-corrected chi connectivity index (χ1v) is 7.16. The molecule has 1 aromatic carbocycles. The van der Waals surface area contributed by atoms with Crippen LogP contribution in [0.15, 0.2) is 18.2 Å². The number of nitrogens with zero attached hydrogens (tertiary/aromatic N) is 1. The number of morpholine rings is 1. The standard InChI is InChI=1S/C15H21F3N2O/c1-3-12-10-21-7-6-20(12)14-5-4-11(9-19-2)8-13(14)15(16,17)18/h4-5,8,12,19H,3,6-7,9-10H2,1-2H3. The lowest BCUT2D eigenvalue weighted by Gasteiger charge is -2.38. The van der Waals surface area contributed by atoms with Crippen LogP contribution in [-0.4, -0.2) is 32.8 Å². The average Bonchev–Trinajstić information content (AvgIpc) is 2.46. The number of nitrogens with one attached hydrogen (secondary N) is 1. The highest BCUT2D eigenvalue weighted by Crippen LogP contribution is 2.38. The number of hydrogen-bond donors (Lipinski definition) is 1. The number of halogens is 3. The smallest absolute Gasteiger partial charge is 0.377 e. The molecule has 0 aliphatic carbocycles. The Morgan fingerprint density at radius 3 is 2.76 bits per heavy atom. The van der Waals surface area contributed by atoms with Crippen molar-refractivity contribution in [1.29, 1.82) is 0 Å². The van der Waals surface area contributed by atoms with E-state index in [-0.39, 0.29) is 11.7 Å².